The summed E-state index contributed by atoms with van der Waals surface area (Å²) < 4.78 is 10.2. The van der Waals surface area contributed by atoms with Crippen LogP contribution < -0.4 is 0 Å². The monoisotopic (exact) mass is 219 g/mol. The lowest BCUT2D eigenvalue weighted by Gasteiger charge is -2.27. The van der Waals surface area contributed by atoms with Crippen LogP contribution in [0.2, 0.25) is 0 Å². The second-order valence-electron chi connectivity index (χ2n) is 3.77. The third-order valence-electron chi connectivity index (χ3n) is 2.80. The summed E-state index contributed by atoms with van der Waals surface area (Å²) in [6.07, 6.45) is 1.31. The predicted molar refractivity (Wildman–Crippen MR) is 59.2 cm³/mol. The Balaban J connectivity index is 2.35. The van der Waals surface area contributed by atoms with Gasteiger partial charge in [0.2, 0.25) is 0 Å². The van der Waals surface area contributed by atoms with Crippen molar-refractivity contribution in [3.63, 3.8) is 0 Å². The molecule has 0 spiro atoms. The molecule has 1 heterocycles. The Hall–Kier alpha value is -1.84. The maximum atomic E-state index is 11.6. The zero-order chi connectivity index (χ0) is 11.6. The lowest BCUT2D eigenvalue weighted by molar-refractivity contribution is -0.146. The lowest BCUT2D eigenvalue weighted by Crippen LogP contribution is -2.39. The number of carbonyl (C=O) groups excluding carboxylic acids is 1. The van der Waals surface area contributed by atoms with Crippen LogP contribution in [0.15, 0.2) is 35.3 Å². The Morgan fingerprint density at radius 3 is 2.75 bits per heavy atom. The fraction of sp³-hybridized carbons (Fsp3) is 0.333. The van der Waals surface area contributed by atoms with Crippen molar-refractivity contribution >= 4 is 12.4 Å². The highest BCUT2D eigenvalue weighted by Gasteiger charge is 2.46. The zero-order valence-electron chi connectivity index (χ0n) is 9.21. The summed E-state index contributed by atoms with van der Waals surface area (Å²) in [6.45, 7) is 1.83. The molecule has 4 nitrogen and oxygen atoms in total. The molecule has 0 bridgehead atoms. The molecule has 0 N–H and O–H groups in total. The largest absolute Gasteiger partial charge is 0.470 e. The molecule has 1 aromatic carbocycles. The SMILES string of the molecule is COC(=O)[C@H]1N=CO[C@@]1(C)c1ccccc1. The highest BCUT2D eigenvalue weighted by Crippen LogP contribution is 2.34. The summed E-state index contributed by atoms with van der Waals surface area (Å²) >= 11 is 0. The smallest absolute Gasteiger partial charge is 0.335 e. The van der Waals surface area contributed by atoms with Gasteiger partial charge in [-0.15, -0.1) is 0 Å². The molecule has 4 heteroatoms. The normalized spacial score (nSPS) is 27.5. The van der Waals surface area contributed by atoms with Gasteiger partial charge in [0.15, 0.2) is 18.0 Å². The standard InChI is InChI=1S/C12H13NO3/c1-12(9-6-4-3-5-7-9)10(11(14)15-2)13-8-16-12/h3-8,10H,1-2H3/t10-,12+/m1/s1. The van der Waals surface area contributed by atoms with E-state index in [1.165, 1.54) is 13.5 Å². The van der Waals surface area contributed by atoms with Crippen LogP contribution in [0.3, 0.4) is 0 Å². The first-order valence-electron chi connectivity index (χ1n) is 5.01. The van der Waals surface area contributed by atoms with Crippen LogP contribution in [-0.4, -0.2) is 25.5 Å². The number of esters is 1. The van der Waals surface area contributed by atoms with Gasteiger partial charge < -0.3 is 9.47 Å². The average Bonchev–Trinajstić information content (AvgIpc) is 2.73. The predicted octanol–water partition coefficient (Wildman–Crippen LogP) is 1.50. The second-order valence-corrected chi connectivity index (χ2v) is 3.77. The van der Waals surface area contributed by atoms with E-state index in [0.29, 0.717) is 0 Å². The molecule has 0 unspecified atom stereocenters. The molecule has 0 saturated heterocycles. The second kappa shape index (κ2) is 3.96. The van der Waals surface area contributed by atoms with E-state index in [9.17, 15) is 4.79 Å². The highest BCUT2D eigenvalue weighted by atomic mass is 16.5. The summed E-state index contributed by atoms with van der Waals surface area (Å²) in [6, 6.07) is 8.89. The molecule has 1 aliphatic heterocycles. The fourth-order valence-corrected chi connectivity index (χ4v) is 1.80. The molecule has 0 fully saturated rings. The Bertz CT molecular complexity index is 416. The summed E-state index contributed by atoms with van der Waals surface area (Å²) in [5.74, 6) is -0.389. The van der Waals surface area contributed by atoms with Gasteiger partial charge in [-0.25, -0.2) is 9.79 Å². The Kier molecular flexibility index (Phi) is 2.64. The van der Waals surface area contributed by atoms with E-state index in [1.54, 1.807) is 0 Å². The molecular weight excluding hydrogens is 206 g/mol. The van der Waals surface area contributed by atoms with Crippen molar-refractivity contribution in [3.05, 3.63) is 35.9 Å². The number of hydrogen-bond acceptors (Lipinski definition) is 4. The molecule has 2 atom stereocenters. The number of nitrogens with zero attached hydrogens (tertiary/aromatic N) is 1. The lowest BCUT2D eigenvalue weighted by atomic mass is 9.89. The molecular formula is C12H13NO3. The number of ether oxygens (including phenoxy) is 2. The van der Waals surface area contributed by atoms with E-state index in [4.69, 9.17) is 9.47 Å². The van der Waals surface area contributed by atoms with Crippen LogP contribution in [0.4, 0.5) is 0 Å². The topological polar surface area (TPSA) is 47.9 Å². The molecule has 0 aromatic heterocycles. The summed E-state index contributed by atoms with van der Waals surface area (Å²) in [4.78, 5) is 15.6. The van der Waals surface area contributed by atoms with Gasteiger partial charge in [-0.1, -0.05) is 30.3 Å². The molecule has 0 amide bonds. The number of rotatable bonds is 2. The minimum atomic E-state index is -0.769. The molecule has 0 saturated carbocycles. The number of methoxy groups -OCH3 is 1. The number of benzene rings is 1. The molecule has 16 heavy (non-hydrogen) atoms. The van der Waals surface area contributed by atoms with Crippen LogP contribution in [0.1, 0.15) is 12.5 Å². The summed E-state index contributed by atoms with van der Waals surface area (Å²) in [5.41, 5.74) is 0.136. The van der Waals surface area contributed by atoms with E-state index in [2.05, 4.69) is 4.99 Å². The van der Waals surface area contributed by atoms with Gasteiger partial charge >= 0.3 is 5.97 Å². The molecule has 0 aliphatic carbocycles. The third kappa shape index (κ3) is 1.56. The van der Waals surface area contributed by atoms with Gasteiger partial charge in [-0.2, -0.15) is 0 Å². The van der Waals surface area contributed by atoms with Crippen molar-refractivity contribution < 1.29 is 14.3 Å². The maximum Gasteiger partial charge on any atom is 0.335 e. The summed E-state index contributed by atoms with van der Waals surface area (Å²) in [7, 11) is 1.35. The first kappa shape index (κ1) is 10.7. The van der Waals surface area contributed by atoms with Crippen molar-refractivity contribution in [3.8, 4) is 0 Å². The van der Waals surface area contributed by atoms with E-state index < -0.39 is 11.6 Å². The minimum absolute atomic E-state index is 0.389. The van der Waals surface area contributed by atoms with Gasteiger partial charge in [-0.05, 0) is 12.5 Å². The van der Waals surface area contributed by atoms with Crippen LogP contribution >= 0.6 is 0 Å². The van der Waals surface area contributed by atoms with Crippen LogP contribution in [0.5, 0.6) is 0 Å². The van der Waals surface area contributed by atoms with Crippen LogP contribution in [0.25, 0.3) is 0 Å². The zero-order valence-corrected chi connectivity index (χ0v) is 9.21. The first-order chi connectivity index (χ1) is 7.68. The number of aliphatic imine (C=N–C) groups is 1. The van der Waals surface area contributed by atoms with Crippen molar-refractivity contribution in [2.24, 2.45) is 4.99 Å². The van der Waals surface area contributed by atoms with Gasteiger partial charge in [0, 0.05) is 0 Å². The van der Waals surface area contributed by atoms with E-state index in [-0.39, 0.29) is 5.97 Å². The quantitative estimate of drug-likeness (QED) is 0.708. The number of carbonyl (C=O) groups is 1. The Morgan fingerprint density at radius 1 is 1.44 bits per heavy atom. The third-order valence-corrected chi connectivity index (χ3v) is 2.80. The minimum Gasteiger partial charge on any atom is -0.470 e. The van der Waals surface area contributed by atoms with Crippen molar-refractivity contribution in [1.29, 1.82) is 0 Å². The van der Waals surface area contributed by atoms with E-state index >= 15 is 0 Å². The molecule has 84 valence electrons. The van der Waals surface area contributed by atoms with Gasteiger partial charge in [0.1, 0.15) is 0 Å². The first-order valence-corrected chi connectivity index (χ1v) is 5.01. The van der Waals surface area contributed by atoms with Crippen molar-refractivity contribution in [2.75, 3.05) is 7.11 Å². The number of hydrogen-bond donors (Lipinski definition) is 0. The Morgan fingerprint density at radius 2 is 2.12 bits per heavy atom. The van der Waals surface area contributed by atoms with Crippen LogP contribution in [-0.2, 0) is 19.9 Å². The molecule has 1 aliphatic rings. The van der Waals surface area contributed by atoms with Crippen molar-refractivity contribution in [1.82, 2.24) is 0 Å². The Labute approximate surface area is 93.9 Å². The average molecular weight is 219 g/mol. The highest BCUT2D eigenvalue weighted by molar-refractivity contribution is 5.81. The van der Waals surface area contributed by atoms with Gasteiger partial charge in [0.05, 0.1) is 7.11 Å². The van der Waals surface area contributed by atoms with Crippen molar-refractivity contribution in [2.45, 2.75) is 18.6 Å². The molecule has 0 radical (unpaired) electrons. The van der Waals surface area contributed by atoms with Crippen LogP contribution in [0, 0.1) is 0 Å². The molecule has 1 aromatic rings. The fourth-order valence-electron chi connectivity index (χ4n) is 1.80. The van der Waals surface area contributed by atoms with Gasteiger partial charge in [0.25, 0.3) is 0 Å². The van der Waals surface area contributed by atoms with E-state index in [0.717, 1.165) is 5.56 Å². The van der Waals surface area contributed by atoms with E-state index in [1.807, 2.05) is 37.3 Å². The molecule has 2 rings (SSSR count). The summed E-state index contributed by atoms with van der Waals surface area (Å²) in [5, 5.41) is 0. The van der Waals surface area contributed by atoms with Gasteiger partial charge in [-0.3, -0.25) is 0 Å². The maximum absolute atomic E-state index is 11.6.